The Kier molecular flexibility index (Phi) is 5.90. The zero-order chi connectivity index (χ0) is 23.5. The summed E-state index contributed by atoms with van der Waals surface area (Å²) in [7, 11) is 4.24. The fraction of sp³-hybridized carbons (Fsp3) is 0.130. The van der Waals surface area contributed by atoms with Crippen LogP contribution in [0.1, 0.15) is 10.4 Å². The predicted molar refractivity (Wildman–Crippen MR) is 120 cm³/mol. The molecule has 1 aromatic carbocycles. The molecule has 9 nitrogen and oxygen atoms in total. The number of rotatable bonds is 5. The highest BCUT2D eigenvalue weighted by Crippen LogP contribution is 2.26. The zero-order valence-electron chi connectivity index (χ0n) is 18.1. The third kappa shape index (κ3) is 4.31. The second-order valence-electron chi connectivity index (χ2n) is 7.02. The number of nitrogens with one attached hydrogen (secondary N) is 1. The molecule has 0 aliphatic rings. The second kappa shape index (κ2) is 8.95. The van der Waals surface area contributed by atoms with Crippen LogP contribution in [0, 0.1) is 5.82 Å². The van der Waals surface area contributed by atoms with E-state index in [1.54, 1.807) is 54.3 Å². The van der Waals surface area contributed by atoms with E-state index in [2.05, 4.69) is 20.0 Å². The fourth-order valence-electron chi connectivity index (χ4n) is 3.26. The number of methoxy groups -OCH3 is 2. The maximum atomic E-state index is 13.7. The number of halogens is 1. The van der Waals surface area contributed by atoms with Crippen molar-refractivity contribution in [1.82, 2.24) is 14.4 Å². The molecule has 0 atom stereocenters. The van der Waals surface area contributed by atoms with Gasteiger partial charge in [-0.25, -0.2) is 19.2 Å². The summed E-state index contributed by atoms with van der Waals surface area (Å²) in [6.45, 7) is 0. The average molecular weight is 449 g/mol. The standard InChI is InChI=1S/C23H20FN5O4/c1-28(16-6-7-17(24)19(10-16)32-2)22(30)15-5-9-21-26-12-18(29(21)13-15)14-4-8-20(25-11-14)27-23(31)33-3/h4-13H,1-3H3,(H,25,27,31). The molecule has 0 spiro atoms. The molecule has 10 heteroatoms. The topological polar surface area (TPSA) is 98.1 Å². The Hall–Kier alpha value is -4.47. The second-order valence-corrected chi connectivity index (χ2v) is 7.02. The van der Waals surface area contributed by atoms with Gasteiger partial charge in [-0.05, 0) is 36.4 Å². The van der Waals surface area contributed by atoms with Crippen LogP contribution in [0.4, 0.5) is 20.7 Å². The molecule has 33 heavy (non-hydrogen) atoms. The molecule has 3 heterocycles. The number of fused-ring (bicyclic) bond motifs is 1. The van der Waals surface area contributed by atoms with Crippen LogP contribution < -0.4 is 15.0 Å². The first-order valence-electron chi connectivity index (χ1n) is 9.81. The monoisotopic (exact) mass is 449 g/mol. The first-order valence-corrected chi connectivity index (χ1v) is 9.81. The lowest BCUT2D eigenvalue weighted by atomic mass is 10.2. The van der Waals surface area contributed by atoms with Crippen molar-refractivity contribution in [3.8, 4) is 17.0 Å². The van der Waals surface area contributed by atoms with E-state index in [4.69, 9.17) is 4.74 Å². The summed E-state index contributed by atoms with van der Waals surface area (Å²) >= 11 is 0. The predicted octanol–water partition coefficient (Wildman–Crippen LogP) is 4.00. The van der Waals surface area contributed by atoms with Gasteiger partial charge in [-0.15, -0.1) is 0 Å². The highest BCUT2D eigenvalue weighted by atomic mass is 19.1. The molecule has 0 aliphatic carbocycles. The summed E-state index contributed by atoms with van der Waals surface area (Å²) in [5.74, 6) is -0.405. The van der Waals surface area contributed by atoms with Crippen molar-refractivity contribution in [2.75, 3.05) is 31.5 Å². The van der Waals surface area contributed by atoms with Crippen LogP contribution >= 0.6 is 0 Å². The van der Waals surface area contributed by atoms with E-state index in [-0.39, 0.29) is 11.7 Å². The largest absolute Gasteiger partial charge is 0.494 e. The molecule has 4 aromatic rings. The van der Waals surface area contributed by atoms with Crippen LogP contribution in [0.2, 0.25) is 0 Å². The van der Waals surface area contributed by atoms with Gasteiger partial charge in [0.15, 0.2) is 11.6 Å². The van der Waals surface area contributed by atoms with Crippen molar-refractivity contribution in [2.45, 2.75) is 0 Å². The maximum absolute atomic E-state index is 13.7. The Morgan fingerprint density at radius 3 is 2.58 bits per heavy atom. The van der Waals surface area contributed by atoms with Crippen LogP contribution in [-0.4, -0.2) is 47.6 Å². The van der Waals surface area contributed by atoms with E-state index < -0.39 is 11.9 Å². The van der Waals surface area contributed by atoms with Crippen molar-refractivity contribution in [1.29, 1.82) is 0 Å². The smallest absolute Gasteiger partial charge is 0.412 e. The van der Waals surface area contributed by atoms with E-state index in [1.165, 1.54) is 37.3 Å². The van der Waals surface area contributed by atoms with Crippen molar-refractivity contribution >= 4 is 29.2 Å². The third-order valence-electron chi connectivity index (χ3n) is 5.05. The normalized spacial score (nSPS) is 10.7. The minimum Gasteiger partial charge on any atom is -0.494 e. The molecule has 0 saturated heterocycles. The van der Waals surface area contributed by atoms with Gasteiger partial charge in [0.2, 0.25) is 0 Å². The van der Waals surface area contributed by atoms with Gasteiger partial charge in [0.1, 0.15) is 11.5 Å². The molecule has 2 amide bonds. The quantitative estimate of drug-likeness (QED) is 0.495. The van der Waals surface area contributed by atoms with Gasteiger partial charge in [-0.2, -0.15) is 0 Å². The van der Waals surface area contributed by atoms with E-state index in [9.17, 15) is 14.0 Å². The van der Waals surface area contributed by atoms with Crippen LogP contribution in [0.15, 0.2) is 61.1 Å². The number of imidazole rings is 1. The Balaban J connectivity index is 1.64. The maximum Gasteiger partial charge on any atom is 0.412 e. The minimum atomic E-state index is -0.615. The van der Waals surface area contributed by atoms with Crippen molar-refractivity contribution in [2.24, 2.45) is 0 Å². The number of carbonyl (C=O) groups is 2. The van der Waals surface area contributed by atoms with E-state index >= 15 is 0 Å². The Labute approximate surface area is 188 Å². The lowest BCUT2D eigenvalue weighted by Crippen LogP contribution is -2.26. The van der Waals surface area contributed by atoms with Gasteiger partial charge in [-0.1, -0.05) is 0 Å². The van der Waals surface area contributed by atoms with E-state index in [0.29, 0.717) is 28.4 Å². The SMILES string of the molecule is COC(=O)Nc1ccc(-c2cnc3ccc(C(=O)N(C)c4ccc(F)c(OC)c4)cn23)cn1. The molecule has 0 saturated carbocycles. The number of nitrogens with zero attached hydrogens (tertiary/aromatic N) is 4. The molecular weight excluding hydrogens is 429 g/mol. The van der Waals surface area contributed by atoms with Crippen molar-refractivity contribution < 1.29 is 23.5 Å². The molecule has 168 valence electrons. The molecule has 0 fully saturated rings. The molecule has 0 radical (unpaired) electrons. The van der Waals surface area contributed by atoms with Gasteiger partial charge in [-0.3, -0.25) is 14.5 Å². The number of carbonyl (C=O) groups excluding carboxylic acids is 2. The number of aromatic nitrogens is 3. The number of pyridine rings is 2. The van der Waals surface area contributed by atoms with Gasteiger partial charge >= 0.3 is 6.09 Å². The summed E-state index contributed by atoms with van der Waals surface area (Å²) in [5, 5.41) is 2.49. The molecule has 0 unspecified atom stereocenters. The minimum absolute atomic E-state index is 0.0529. The van der Waals surface area contributed by atoms with Crippen molar-refractivity contribution in [3.63, 3.8) is 0 Å². The Morgan fingerprint density at radius 2 is 1.88 bits per heavy atom. The lowest BCUT2D eigenvalue weighted by molar-refractivity contribution is 0.0992. The van der Waals surface area contributed by atoms with Crippen LogP contribution in [0.3, 0.4) is 0 Å². The highest BCUT2D eigenvalue weighted by molar-refractivity contribution is 6.05. The summed E-state index contributed by atoms with van der Waals surface area (Å²) in [5.41, 5.74) is 2.98. The number of hydrogen-bond donors (Lipinski definition) is 1. The summed E-state index contributed by atoms with van der Waals surface area (Å²) in [6.07, 6.45) is 4.32. The number of benzene rings is 1. The van der Waals surface area contributed by atoms with Gasteiger partial charge < -0.3 is 14.4 Å². The number of hydrogen-bond acceptors (Lipinski definition) is 6. The van der Waals surface area contributed by atoms with Crippen LogP contribution in [0.5, 0.6) is 5.75 Å². The average Bonchev–Trinajstić information content (AvgIpc) is 3.27. The van der Waals surface area contributed by atoms with Gasteiger partial charge in [0.25, 0.3) is 5.91 Å². The Morgan fingerprint density at radius 1 is 1.06 bits per heavy atom. The number of anilines is 2. The van der Waals surface area contributed by atoms with E-state index in [0.717, 1.165) is 5.56 Å². The highest BCUT2D eigenvalue weighted by Gasteiger charge is 2.17. The molecule has 1 N–H and O–H groups in total. The van der Waals surface area contributed by atoms with Crippen molar-refractivity contribution in [3.05, 3.63) is 72.4 Å². The summed E-state index contributed by atoms with van der Waals surface area (Å²) < 4.78 is 25.1. The zero-order valence-corrected chi connectivity index (χ0v) is 18.1. The van der Waals surface area contributed by atoms with E-state index in [1.807, 2.05) is 0 Å². The third-order valence-corrected chi connectivity index (χ3v) is 5.05. The first kappa shape index (κ1) is 21.8. The number of amides is 2. The molecular formula is C23H20FN5O4. The fourth-order valence-corrected chi connectivity index (χ4v) is 3.26. The van der Waals surface area contributed by atoms with Gasteiger partial charge in [0.05, 0.1) is 31.7 Å². The van der Waals surface area contributed by atoms with Crippen LogP contribution in [-0.2, 0) is 4.74 Å². The molecule has 0 aliphatic heterocycles. The summed E-state index contributed by atoms with van der Waals surface area (Å²) in [6, 6.07) is 11.0. The number of ether oxygens (including phenoxy) is 2. The molecule has 3 aromatic heterocycles. The van der Waals surface area contributed by atoms with Crippen LogP contribution in [0.25, 0.3) is 16.9 Å². The molecule has 4 rings (SSSR count). The first-order chi connectivity index (χ1) is 15.9. The lowest BCUT2D eigenvalue weighted by Gasteiger charge is -2.18. The van der Waals surface area contributed by atoms with Gasteiger partial charge in [0, 0.05) is 36.8 Å². The molecule has 0 bridgehead atoms. The Bertz CT molecular complexity index is 1340. The summed E-state index contributed by atoms with van der Waals surface area (Å²) in [4.78, 5) is 34.4.